The number of fused-ring (bicyclic) bond motifs is 4. The molecular formula is C55H80N6O3. The number of aromatic nitrogens is 4. The van der Waals surface area contributed by atoms with Crippen LogP contribution < -0.4 is 10.7 Å². The SMILES string of the molecule is CC(C)(C)C.CC(C)(C)C.CC(C)(C)C1=NC2(COC2)c2ccccc2N1.CC(C)(C)c1cc(=O)c2ccccc2[nH]1.CC(C)(C)c1ncc(-c2ccc(C(C)(C)C)c3cnoc23)[nH]1. The van der Waals surface area contributed by atoms with Crippen LogP contribution in [0, 0.1) is 16.2 Å². The molecule has 2 aliphatic rings. The highest BCUT2D eigenvalue weighted by Gasteiger charge is 2.45. The molecule has 0 bridgehead atoms. The summed E-state index contributed by atoms with van der Waals surface area (Å²) in [4.78, 5) is 28.0. The van der Waals surface area contributed by atoms with Gasteiger partial charge in [0.25, 0.3) is 0 Å². The van der Waals surface area contributed by atoms with E-state index in [1.807, 2.05) is 30.5 Å². The van der Waals surface area contributed by atoms with E-state index in [4.69, 9.17) is 14.3 Å². The molecule has 3 N–H and O–H groups in total. The summed E-state index contributed by atoms with van der Waals surface area (Å²) in [5.74, 6) is 2.02. The number of ether oxygens (including phenoxy) is 1. The Bertz CT molecular complexity index is 2540. The average Bonchev–Trinajstić information content (AvgIpc) is 3.83. The molecule has 1 saturated heterocycles. The maximum atomic E-state index is 11.8. The molecule has 5 heterocycles. The number of pyridine rings is 1. The van der Waals surface area contributed by atoms with Crippen LogP contribution in [0.25, 0.3) is 33.1 Å². The van der Waals surface area contributed by atoms with Gasteiger partial charge < -0.3 is 24.5 Å². The highest BCUT2D eigenvalue weighted by molar-refractivity contribution is 6.02. The minimum Gasteiger partial charge on any atom is -0.375 e. The minimum atomic E-state index is -0.134. The van der Waals surface area contributed by atoms with E-state index < -0.39 is 0 Å². The van der Waals surface area contributed by atoms with Crippen molar-refractivity contribution >= 4 is 33.4 Å². The summed E-state index contributed by atoms with van der Waals surface area (Å²) in [5.41, 5.74) is 9.36. The molecule has 0 radical (unpaired) electrons. The second kappa shape index (κ2) is 19.2. The lowest BCUT2D eigenvalue weighted by atomic mass is 9.83. The van der Waals surface area contributed by atoms with Crippen LogP contribution in [-0.2, 0) is 26.5 Å². The minimum absolute atomic E-state index is 0.00979. The van der Waals surface area contributed by atoms with Gasteiger partial charge in [0.05, 0.1) is 31.3 Å². The Kier molecular flexibility index (Phi) is 15.5. The predicted molar refractivity (Wildman–Crippen MR) is 272 cm³/mol. The molecule has 9 nitrogen and oxygen atoms in total. The van der Waals surface area contributed by atoms with Gasteiger partial charge in [-0.15, -0.1) is 0 Å². The lowest BCUT2D eigenvalue weighted by Crippen LogP contribution is -2.50. The van der Waals surface area contributed by atoms with Crippen LogP contribution in [0.1, 0.15) is 161 Å². The maximum absolute atomic E-state index is 11.8. The summed E-state index contributed by atoms with van der Waals surface area (Å²) in [6.07, 6.45) is 3.68. The monoisotopic (exact) mass is 873 g/mol. The molecule has 0 unspecified atom stereocenters. The highest BCUT2D eigenvalue weighted by Crippen LogP contribution is 2.43. The van der Waals surface area contributed by atoms with Gasteiger partial charge in [-0.3, -0.25) is 9.79 Å². The first-order chi connectivity index (χ1) is 29.2. The number of amidine groups is 1. The van der Waals surface area contributed by atoms with Crippen LogP contribution >= 0.6 is 0 Å². The third-order valence-corrected chi connectivity index (χ3v) is 9.85. The molecule has 0 amide bonds. The molecule has 1 fully saturated rings. The van der Waals surface area contributed by atoms with Gasteiger partial charge in [0, 0.05) is 61.1 Å². The number of aliphatic imine (C=N–C) groups is 1. The van der Waals surface area contributed by atoms with Crippen LogP contribution in [0.5, 0.6) is 0 Å². The highest BCUT2D eigenvalue weighted by atomic mass is 16.5. The number of rotatable bonds is 1. The van der Waals surface area contributed by atoms with Crippen molar-refractivity contribution in [1.82, 2.24) is 20.1 Å². The molecule has 0 atom stereocenters. The Labute approximate surface area is 384 Å². The van der Waals surface area contributed by atoms with Gasteiger partial charge in [-0.05, 0) is 46.1 Å². The van der Waals surface area contributed by atoms with Gasteiger partial charge in [0.15, 0.2) is 11.0 Å². The maximum Gasteiger partial charge on any atom is 0.189 e. The molecule has 9 heteroatoms. The normalized spacial score (nSPS) is 14.8. The van der Waals surface area contributed by atoms with Crippen molar-refractivity contribution in [3.8, 4) is 11.3 Å². The second-order valence-electron chi connectivity index (χ2n) is 24.6. The van der Waals surface area contributed by atoms with Crippen molar-refractivity contribution in [1.29, 1.82) is 0 Å². The molecule has 1 spiro atoms. The summed E-state index contributed by atoms with van der Waals surface area (Å²) in [7, 11) is 0. The van der Waals surface area contributed by atoms with Crippen LogP contribution in [0.2, 0.25) is 0 Å². The van der Waals surface area contributed by atoms with Crippen molar-refractivity contribution in [3.63, 3.8) is 0 Å². The van der Waals surface area contributed by atoms with E-state index in [1.165, 1.54) is 16.8 Å². The zero-order chi connectivity index (χ0) is 48.3. The molecule has 3 aromatic heterocycles. The predicted octanol–water partition coefficient (Wildman–Crippen LogP) is 14.5. The van der Waals surface area contributed by atoms with Gasteiger partial charge in [-0.25, -0.2) is 4.98 Å². The number of benzene rings is 3. The third-order valence-electron chi connectivity index (χ3n) is 9.85. The summed E-state index contributed by atoms with van der Waals surface area (Å²) >= 11 is 0. The van der Waals surface area contributed by atoms with Crippen molar-refractivity contribution in [2.24, 2.45) is 21.2 Å². The van der Waals surface area contributed by atoms with Gasteiger partial charge in [0.2, 0.25) is 0 Å². The fraction of sp³-hybridized carbons (Fsp3) is 0.527. The van der Waals surface area contributed by atoms with E-state index in [9.17, 15) is 4.79 Å². The molecular weight excluding hydrogens is 793 g/mol. The number of H-pyrrole nitrogens is 2. The summed E-state index contributed by atoms with van der Waals surface area (Å²) in [5, 5.41) is 9.28. The lowest BCUT2D eigenvalue weighted by Gasteiger charge is -2.44. The van der Waals surface area contributed by atoms with Gasteiger partial charge in [-0.2, -0.15) is 0 Å². The van der Waals surface area contributed by atoms with Crippen molar-refractivity contribution in [2.75, 3.05) is 18.5 Å². The first-order valence-corrected chi connectivity index (χ1v) is 22.8. The van der Waals surface area contributed by atoms with E-state index in [1.54, 1.807) is 12.3 Å². The lowest BCUT2D eigenvalue weighted by molar-refractivity contribution is -0.0559. The Balaban J connectivity index is 0.000000193. The zero-order valence-electron chi connectivity index (χ0n) is 43.0. The third kappa shape index (κ3) is 14.2. The Morgan fingerprint density at radius 1 is 0.609 bits per heavy atom. The van der Waals surface area contributed by atoms with Crippen molar-refractivity contribution in [2.45, 2.75) is 160 Å². The molecule has 348 valence electrons. The van der Waals surface area contributed by atoms with Crippen LogP contribution in [0.3, 0.4) is 0 Å². The van der Waals surface area contributed by atoms with E-state index in [-0.39, 0.29) is 32.6 Å². The largest absolute Gasteiger partial charge is 0.375 e. The first kappa shape index (κ1) is 51.6. The number of aromatic amines is 2. The molecule has 2 aliphatic heterocycles. The van der Waals surface area contributed by atoms with Gasteiger partial charge in [0.1, 0.15) is 17.2 Å². The molecule has 8 rings (SSSR count). The second-order valence-corrected chi connectivity index (χ2v) is 24.6. The van der Waals surface area contributed by atoms with Gasteiger partial charge in [-0.1, -0.05) is 180 Å². The molecule has 64 heavy (non-hydrogen) atoms. The Hall–Kier alpha value is -5.02. The fourth-order valence-electron chi connectivity index (χ4n) is 6.56. The van der Waals surface area contributed by atoms with E-state index in [2.05, 4.69) is 200 Å². The average molecular weight is 873 g/mol. The fourth-order valence-corrected chi connectivity index (χ4v) is 6.56. The number of nitrogens with zero attached hydrogens (tertiary/aromatic N) is 3. The summed E-state index contributed by atoms with van der Waals surface area (Å²) < 4.78 is 10.9. The number of hydrogen-bond acceptors (Lipinski definition) is 7. The van der Waals surface area contributed by atoms with Crippen molar-refractivity contribution < 1.29 is 9.26 Å². The number of hydrogen-bond donors (Lipinski definition) is 3. The summed E-state index contributed by atoms with van der Waals surface area (Å²) in [6, 6.07) is 21.9. The van der Waals surface area contributed by atoms with E-state index in [0.717, 1.165) is 50.5 Å². The quantitative estimate of drug-likeness (QED) is 0.151. The van der Waals surface area contributed by atoms with Crippen LogP contribution in [-0.4, -0.2) is 39.2 Å². The van der Waals surface area contributed by atoms with E-state index >= 15 is 0 Å². The Morgan fingerprint density at radius 3 is 1.70 bits per heavy atom. The molecule has 3 aromatic carbocycles. The van der Waals surface area contributed by atoms with Crippen LogP contribution in [0.15, 0.2) is 93.4 Å². The molecule has 0 aliphatic carbocycles. The zero-order valence-corrected chi connectivity index (χ0v) is 43.0. The van der Waals surface area contributed by atoms with Crippen molar-refractivity contribution in [3.05, 3.63) is 112 Å². The molecule has 6 aromatic rings. The topological polar surface area (TPSA) is 121 Å². The standard InChI is InChI=1S/C18H23N3O.C14H18N2O.C13H15NO.2C5H12/c1-17(2,3)13-8-7-11(15-12(13)9-20-22-15)14-10-19-16(21-14)18(4,5)6;1-13(2,3)12-15-11-7-5-4-6-10(11)14(16-12)8-17-9-14;1-13(2,3)12-8-11(15)9-6-4-5-7-10(9)14-12;2*1-5(2,3)4/h7-10H,1-6H3,(H,19,21);4-7H,8-9H2,1-3H3,(H,15,16);4-8H,1-3H3,(H,14,15);2*1-4H3. The number of nitrogens with one attached hydrogen (secondary N) is 3. The number of anilines is 1. The summed E-state index contributed by atoms with van der Waals surface area (Å²) in [6.45, 7) is 44.7. The van der Waals surface area contributed by atoms with Crippen LogP contribution in [0.4, 0.5) is 5.69 Å². The number of imidazole rings is 1. The number of para-hydroxylation sites is 2. The Morgan fingerprint density at radius 2 is 1.19 bits per heavy atom. The first-order valence-electron chi connectivity index (χ1n) is 22.8. The van der Waals surface area contributed by atoms with E-state index in [0.29, 0.717) is 24.0 Å². The smallest absolute Gasteiger partial charge is 0.189 e. The van der Waals surface area contributed by atoms with Gasteiger partial charge >= 0.3 is 0 Å². The molecule has 0 saturated carbocycles.